The van der Waals surface area contributed by atoms with Crippen molar-refractivity contribution in [3.05, 3.63) is 48.0 Å². The molecule has 0 heteroatoms. The van der Waals surface area contributed by atoms with E-state index in [1.54, 1.807) is 0 Å². The Kier molecular flexibility index (Phi) is 9.14. The second-order valence-corrected chi connectivity index (χ2v) is 7.09. The van der Waals surface area contributed by atoms with Crippen LogP contribution in [0.1, 0.15) is 71.3 Å². The summed E-state index contributed by atoms with van der Waals surface area (Å²) in [6.07, 6.45) is 11.5. The molecule has 1 aromatic rings. The number of hydrogen-bond donors (Lipinski definition) is 0. The highest BCUT2D eigenvalue weighted by atomic mass is 14.2. The zero-order valence-corrected chi connectivity index (χ0v) is 14.4. The van der Waals surface area contributed by atoms with E-state index in [1.165, 1.54) is 56.1 Å². The SMILES string of the molecule is C=C(C)Cc1ccccc1.CC(C)CCC1CCCCC1. The van der Waals surface area contributed by atoms with Crippen LogP contribution in [0.3, 0.4) is 0 Å². The van der Waals surface area contributed by atoms with Crippen molar-refractivity contribution in [1.82, 2.24) is 0 Å². The Morgan fingerprint density at radius 3 is 2.24 bits per heavy atom. The van der Waals surface area contributed by atoms with E-state index in [4.69, 9.17) is 0 Å². The fourth-order valence-electron chi connectivity index (χ4n) is 2.99. The molecule has 0 heterocycles. The first-order valence-electron chi connectivity index (χ1n) is 8.76. The van der Waals surface area contributed by atoms with Gasteiger partial charge in [-0.25, -0.2) is 0 Å². The topological polar surface area (TPSA) is 0 Å². The minimum Gasteiger partial charge on any atom is -0.0998 e. The molecule has 0 nitrogen and oxygen atoms in total. The number of rotatable bonds is 5. The second-order valence-electron chi connectivity index (χ2n) is 7.09. The summed E-state index contributed by atoms with van der Waals surface area (Å²) in [4.78, 5) is 0. The Morgan fingerprint density at radius 2 is 1.71 bits per heavy atom. The van der Waals surface area contributed by atoms with Crippen molar-refractivity contribution in [3.8, 4) is 0 Å². The van der Waals surface area contributed by atoms with Crippen molar-refractivity contribution in [2.75, 3.05) is 0 Å². The summed E-state index contributed by atoms with van der Waals surface area (Å²) in [5, 5.41) is 0. The average Bonchev–Trinajstić information content (AvgIpc) is 2.47. The fourth-order valence-corrected chi connectivity index (χ4v) is 2.99. The summed E-state index contributed by atoms with van der Waals surface area (Å²) in [7, 11) is 0. The molecule has 21 heavy (non-hydrogen) atoms. The lowest BCUT2D eigenvalue weighted by Gasteiger charge is -2.21. The highest BCUT2D eigenvalue weighted by molar-refractivity contribution is 5.19. The van der Waals surface area contributed by atoms with Gasteiger partial charge in [-0.3, -0.25) is 0 Å². The summed E-state index contributed by atoms with van der Waals surface area (Å²) in [5.41, 5.74) is 2.56. The van der Waals surface area contributed by atoms with E-state index in [0.717, 1.165) is 18.3 Å². The minimum absolute atomic E-state index is 0.914. The van der Waals surface area contributed by atoms with E-state index < -0.39 is 0 Å². The number of hydrogen-bond acceptors (Lipinski definition) is 0. The molecule has 0 N–H and O–H groups in total. The molecule has 118 valence electrons. The van der Waals surface area contributed by atoms with Crippen LogP contribution in [0.15, 0.2) is 42.5 Å². The van der Waals surface area contributed by atoms with Crippen molar-refractivity contribution in [1.29, 1.82) is 0 Å². The van der Waals surface area contributed by atoms with Gasteiger partial charge >= 0.3 is 0 Å². The molecule has 0 saturated heterocycles. The van der Waals surface area contributed by atoms with E-state index in [2.05, 4.69) is 44.7 Å². The van der Waals surface area contributed by atoms with Crippen LogP contribution in [-0.2, 0) is 6.42 Å². The molecule has 0 bridgehead atoms. The van der Waals surface area contributed by atoms with Crippen molar-refractivity contribution in [2.45, 2.75) is 72.1 Å². The molecule has 0 radical (unpaired) electrons. The van der Waals surface area contributed by atoms with Gasteiger partial charge in [0.15, 0.2) is 0 Å². The van der Waals surface area contributed by atoms with Gasteiger partial charge in [-0.1, -0.05) is 101 Å². The Labute approximate surface area is 132 Å². The summed E-state index contributed by atoms with van der Waals surface area (Å²) < 4.78 is 0. The van der Waals surface area contributed by atoms with Crippen LogP contribution in [0.2, 0.25) is 0 Å². The van der Waals surface area contributed by atoms with Crippen LogP contribution >= 0.6 is 0 Å². The van der Waals surface area contributed by atoms with Crippen LogP contribution in [0.5, 0.6) is 0 Å². The normalized spacial score (nSPS) is 15.4. The fraction of sp³-hybridized carbons (Fsp3) is 0.619. The van der Waals surface area contributed by atoms with E-state index in [9.17, 15) is 0 Å². The maximum Gasteiger partial charge on any atom is -0.00726 e. The van der Waals surface area contributed by atoms with Gasteiger partial charge < -0.3 is 0 Å². The highest BCUT2D eigenvalue weighted by Crippen LogP contribution is 2.28. The average molecular weight is 287 g/mol. The lowest BCUT2D eigenvalue weighted by Crippen LogP contribution is -2.06. The summed E-state index contributed by atoms with van der Waals surface area (Å²) >= 11 is 0. The van der Waals surface area contributed by atoms with Gasteiger partial charge in [-0.15, -0.1) is 0 Å². The zero-order valence-electron chi connectivity index (χ0n) is 14.4. The van der Waals surface area contributed by atoms with Crippen LogP contribution in [0.4, 0.5) is 0 Å². The third-order valence-corrected chi connectivity index (χ3v) is 4.23. The zero-order chi connectivity index (χ0) is 15.5. The molecule has 0 aliphatic heterocycles. The van der Waals surface area contributed by atoms with Gasteiger partial charge in [0.2, 0.25) is 0 Å². The molecular formula is C21H34. The van der Waals surface area contributed by atoms with Crippen molar-refractivity contribution < 1.29 is 0 Å². The standard InChI is InChI=1S/C11H22.C10H12/c1-10(2)8-9-11-6-4-3-5-7-11;1-9(2)8-10-6-4-3-5-7-10/h10-11H,3-9H2,1-2H3;3-7H,1,8H2,2H3. The molecule has 0 atom stereocenters. The van der Waals surface area contributed by atoms with E-state index in [1.807, 2.05) is 13.0 Å². The minimum atomic E-state index is 0.914. The Hall–Kier alpha value is -1.04. The second kappa shape index (κ2) is 10.7. The molecule has 0 spiro atoms. The van der Waals surface area contributed by atoms with Gasteiger partial charge in [0.25, 0.3) is 0 Å². The molecule has 1 aromatic carbocycles. The molecule has 0 aromatic heterocycles. The lowest BCUT2D eigenvalue weighted by molar-refractivity contribution is 0.317. The van der Waals surface area contributed by atoms with Crippen LogP contribution < -0.4 is 0 Å². The maximum atomic E-state index is 3.85. The predicted molar refractivity (Wildman–Crippen MR) is 95.6 cm³/mol. The Morgan fingerprint density at radius 1 is 1.10 bits per heavy atom. The monoisotopic (exact) mass is 286 g/mol. The molecule has 1 aliphatic carbocycles. The van der Waals surface area contributed by atoms with Crippen LogP contribution in [0.25, 0.3) is 0 Å². The molecule has 1 aliphatic rings. The molecule has 1 fully saturated rings. The first-order valence-corrected chi connectivity index (χ1v) is 8.76. The molecule has 0 amide bonds. The quantitative estimate of drug-likeness (QED) is 0.522. The molecule has 2 rings (SSSR count). The first kappa shape index (κ1) is 18.0. The molecule has 1 saturated carbocycles. The van der Waals surface area contributed by atoms with E-state index in [0.29, 0.717) is 0 Å². The summed E-state index contributed by atoms with van der Waals surface area (Å²) in [6.45, 7) is 10.6. The lowest BCUT2D eigenvalue weighted by atomic mass is 9.85. The van der Waals surface area contributed by atoms with E-state index >= 15 is 0 Å². The van der Waals surface area contributed by atoms with Gasteiger partial charge in [0.05, 0.1) is 0 Å². The van der Waals surface area contributed by atoms with Gasteiger partial charge in [-0.2, -0.15) is 0 Å². The van der Waals surface area contributed by atoms with Crippen LogP contribution in [0, 0.1) is 11.8 Å². The smallest absolute Gasteiger partial charge is 0.00726 e. The van der Waals surface area contributed by atoms with Crippen molar-refractivity contribution in [2.24, 2.45) is 11.8 Å². The molecular weight excluding hydrogens is 252 g/mol. The summed E-state index contributed by atoms with van der Waals surface area (Å²) in [6, 6.07) is 10.4. The first-order chi connectivity index (χ1) is 10.1. The third-order valence-electron chi connectivity index (χ3n) is 4.23. The van der Waals surface area contributed by atoms with E-state index in [-0.39, 0.29) is 0 Å². The predicted octanol–water partition coefficient (Wildman–Crippen LogP) is 6.81. The largest absolute Gasteiger partial charge is 0.0998 e. The van der Waals surface area contributed by atoms with Gasteiger partial charge in [-0.05, 0) is 30.7 Å². The molecule has 0 unspecified atom stereocenters. The Bertz CT molecular complexity index is 368. The highest BCUT2D eigenvalue weighted by Gasteiger charge is 2.12. The van der Waals surface area contributed by atoms with Crippen molar-refractivity contribution >= 4 is 0 Å². The number of allylic oxidation sites excluding steroid dienone is 1. The van der Waals surface area contributed by atoms with Gasteiger partial charge in [0, 0.05) is 0 Å². The maximum absolute atomic E-state index is 3.85. The number of benzene rings is 1. The van der Waals surface area contributed by atoms with Crippen molar-refractivity contribution in [3.63, 3.8) is 0 Å². The summed E-state index contributed by atoms with van der Waals surface area (Å²) in [5.74, 6) is 2.00. The van der Waals surface area contributed by atoms with Gasteiger partial charge in [0.1, 0.15) is 0 Å². The third kappa shape index (κ3) is 9.50. The van der Waals surface area contributed by atoms with Crippen LogP contribution in [-0.4, -0.2) is 0 Å². The Balaban J connectivity index is 0.000000211.